The number of nitrogens with zero attached hydrogens (tertiary/aromatic N) is 2. The molecule has 0 radical (unpaired) electrons. The van der Waals surface area contributed by atoms with Gasteiger partial charge < -0.3 is 24.3 Å². The summed E-state index contributed by atoms with van der Waals surface area (Å²) in [6.07, 6.45) is 0. The fourth-order valence-electron chi connectivity index (χ4n) is 2.65. The topological polar surface area (TPSA) is 108 Å². The molecule has 0 heterocycles. The van der Waals surface area contributed by atoms with Crippen LogP contribution in [0.3, 0.4) is 0 Å². The summed E-state index contributed by atoms with van der Waals surface area (Å²) >= 11 is 12.2. The van der Waals surface area contributed by atoms with Crippen LogP contribution in [0.25, 0.3) is 0 Å². The van der Waals surface area contributed by atoms with E-state index in [-0.39, 0.29) is 39.4 Å². The summed E-state index contributed by atoms with van der Waals surface area (Å²) in [5.74, 6) is -0.371. The molecule has 0 bridgehead atoms. The van der Waals surface area contributed by atoms with Gasteiger partial charge in [0.1, 0.15) is 17.1 Å². The molecule has 1 N–H and O–H groups in total. The molecule has 0 aliphatic carbocycles. The average Bonchev–Trinajstić information content (AvgIpc) is 2.74. The van der Waals surface area contributed by atoms with E-state index in [1.807, 2.05) is 0 Å². The first-order chi connectivity index (χ1) is 14.8. The molecule has 1 atom stereocenters. The first-order valence-corrected chi connectivity index (χ1v) is 9.57. The van der Waals surface area contributed by atoms with Crippen molar-refractivity contribution in [2.45, 2.75) is 13.0 Å². The molecule has 0 fully saturated rings. The molecular weight excluding hydrogens is 449 g/mol. The fraction of sp³-hybridized carbons (Fsp3) is 0.300. The normalized spacial score (nSPS) is 11.7. The Morgan fingerprint density at radius 3 is 2.00 bits per heavy atom. The lowest BCUT2D eigenvalue weighted by Gasteiger charge is -2.16. The minimum atomic E-state index is -1.46. The maximum atomic E-state index is 12.8. The largest absolute Gasteiger partial charge is 0.494 e. The molecule has 0 aliphatic heterocycles. The van der Waals surface area contributed by atoms with E-state index in [0.29, 0.717) is 5.02 Å². The van der Waals surface area contributed by atoms with E-state index in [9.17, 15) is 9.59 Å². The van der Waals surface area contributed by atoms with E-state index in [2.05, 4.69) is 15.5 Å². The zero-order chi connectivity index (χ0) is 23.1. The summed E-state index contributed by atoms with van der Waals surface area (Å²) in [7, 11) is 5.63. The lowest BCUT2D eigenvalue weighted by molar-refractivity contribution is -0.126. The smallest absolute Gasteiger partial charge is 0.259 e. The van der Waals surface area contributed by atoms with Crippen molar-refractivity contribution in [2.24, 2.45) is 10.2 Å². The number of halogens is 2. The molecule has 2 aromatic rings. The summed E-state index contributed by atoms with van der Waals surface area (Å²) < 4.78 is 21.0. The van der Waals surface area contributed by atoms with Crippen molar-refractivity contribution in [2.75, 3.05) is 33.8 Å². The van der Waals surface area contributed by atoms with E-state index >= 15 is 0 Å². The molecular formula is C20H21Cl2N3O6. The average molecular weight is 470 g/mol. The Morgan fingerprint density at radius 1 is 0.871 bits per heavy atom. The van der Waals surface area contributed by atoms with Crippen molar-refractivity contribution in [1.29, 1.82) is 0 Å². The van der Waals surface area contributed by atoms with Crippen molar-refractivity contribution >= 4 is 46.3 Å². The van der Waals surface area contributed by atoms with Crippen molar-refractivity contribution in [3.8, 4) is 23.0 Å². The number of rotatable bonds is 9. The zero-order valence-electron chi connectivity index (χ0n) is 17.5. The van der Waals surface area contributed by atoms with Crippen LogP contribution < -0.4 is 24.3 Å². The number of ketones is 1. The summed E-state index contributed by atoms with van der Waals surface area (Å²) in [6, 6.07) is 4.69. The minimum Gasteiger partial charge on any atom is -0.494 e. The van der Waals surface area contributed by atoms with Crippen LogP contribution in [-0.4, -0.2) is 46.2 Å². The SMILES string of the molecule is COc1ccc(Cl)c(OC)c1NC(=O)C(N=Nc1ccc(Cl)c(OC)c1OC)C(C)=O. The standard InChI is InChI=1S/C20H21Cl2N3O6/c1-10(26)15(25-24-13-8-6-12(22)18(30-4)19(13)31-5)20(27)23-16-14(28-2)9-7-11(21)17(16)29-3/h6-9,15H,1-5H3,(H,23,27). The number of hydrogen-bond donors (Lipinski definition) is 1. The van der Waals surface area contributed by atoms with Gasteiger partial charge in [-0.1, -0.05) is 23.2 Å². The highest BCUT2D eigenvalue weighted by atomic mass is 35.5. The number of hydrogen-bond acceptors (Lipinski definition) is 8. The predicted octanol–water partition coefficient (Wildman–Crippen LogP) is 4.71. The molecule has 11 heteroatoms. The van der Waals surface area contributed by atoms with Gasteiger partial charge in [-0.2, -0.15) is 10.2 Å². The van der Waals surface area contributed by atoms with Crippen molar-refractivity contribution < 1.29 is 28.5 Å². The molecule has 166 valence electrons. The van der Waals surface area contributed by atoms with Gasteiger partial charge in [-0.15, -0.1) is 0 Å². The van der Waals surface area contributed by atoms with Crippen LogP contribution in [0, 0.1) is 0 Å². The zero-order valence-corrected chi connectivity index (χ0v) is 19.0. The minimum absolute atomic E-state index is 0.162. The van der Waals surface area contributed by atoms with Crippen LogP contribution in [0.2, 0.25) is 10.0 Å². The monoisotopic (exact) mass is 469 g/mol. The number of carbonyl (C=O) groups excluding carboxylic acids is 2. The molecule has 0 aromatic heterocycles. The number of methoxy groups -OCH3 is 4. The molecule has 0 aliphatic rings. The quantitative estimate of drug-likeness (QED) is 0.420. The summed E-state index contributed by atoms with van der Waals surface area (Å²) in [5.41, 5.74) is 0.385. The maximum Gasteiger partial charge on any atom is 0.259 e. The molecule has 2 aromatic carbocycles. The Morgan fingerprint density at radius 2 is 1.45 bits per heavy atom. The lowest BCUT2D eigenvalue weighted by Crippen LogP contribution is -2.32. The Kier molecular flexibility index (Phi) is 8.47. The van der Waals surface area contributed by atoms with Gasteiger partial charge >= 0.3 is 0 Å². The fourth-order valence-corrected chi connectivity index (χ4v) is 3.11. The van der Waals surface area contributed by atoms with Crippen molar-refractivity contribution in [3.05, 3.63) is 34.3 Å². The van der Waals surface area contributed by atoms with E-state index in [1.54, 1.807) is 12.1 Å². The van der Waals surface area contributed by atoms with Gasteiger partial charge in [-0.3, -0.25) is 9.59 Å². The third kappa shape index (κ3) is 5.36. The molecule has 9 nitrogen and oxygen atoms in total. The number of carbonyl (C=O) groups is 2. The van der Waals surface area contributed by atoms with Gasteiger partial charge in [-0.05, 0) is 31.2 Å². The number of amides is 1. The lowest BCUT2D eigenvalue weighted by atomic mass is 10.2. The highest BCUT2D eigenvalue weighted by Crippen LogP contribution is 2.43. The van der Waals surface area contributed by atoms with Crippen LogP contribution in [0.4, 0.5) is 11.4 Å². The highest BCUT2D eigenvalue weighted by Gasteiger charge is 2.27. The highest BCUT2D eigenvalue weighted by molar-refractivity contribution is 6.33. The molecule has 1 amide bonds. The van der Waals surface area contributed by atoms with Gasteiger partial charge in [0.05, 0.1) is 38.5 Å². The van der Waals surface area contributed by atoms with Gasteiger partial charge in [0.15, 0.2) is 23.0 Å². The molecule has 0 saturated carbocycles. The third-order valence-electron chi connectivity index (χ3n) is 4.11. The Labute approximate surface area is 189 Å². The first kappa shape index (κ1) is 24.2. The van der Waals surface area contributed by atoms with Gasteiger partial charge in [-0.25, -0.2) is 0 Å². The first-order valence-electron chi connectivity index (χ1n) is 8.82. The Balaban J connectivity index is 2.40. The van der Waals surface area contributed by atoms with Crippen molar-refractivity contribution in [1.82, 2.24) is 0 Å². The second kappa shape index (κ2) is 10.8. The predicted molar refractivity (Wildman–Crippen MR) is 117 cm³/mol. The summed E-state index contributed by atoms with van der Waals surface area (Å²) in [6.45, 7) is 1.22. The summed E-state index contributed by atoms with van der Waals surface area (Å²) in [5, 5.41) is 11.0. The second-order valence-electron chi connectivity index (χ2n) is 6.01. The van der Waals surface area contributed by atoms with Crippen LogP contribution in [0.1, 0.15) is 6.92 Å². The number of nitrogens with one attached hydrogen (secondary N) is 1. The van der Waals surface area contributed by atoms with Gasteiger partial charge in [0.25, 0.3) is 5.91 Å². The maximum absolute atomic E-state index is 12.8. The van der Waals surface area contributed by atoms with Gasteiger partial charge in [0.2, 0.25) is 6.04 Å². The number of anilines is 1. The van der Waals surface area contributed by atoms with E-state index in [1.165, 1.54) is 47.5 Å². The third-order valence-corrected chi connectivity index (χ3v) is 4.70. The molecule has 31 heavy (non-hydrogen) atoms. The Hall–Kier alpha value is -3.04. The number of azo groups is 1. The number of Topliss-reactive ketones (excluding diaryl/α,β-unsaturated/α-hetero) is 1. The molecule has 1 unspecified atom stereocenters. The van der Waals surface area contributed by atoms with Crippen LogP contribution >= 0.6 is 23.2 Å². The summed E-state index contributed by atoms with van der Waals surface area (Å²) in [4.78, 5) is 25.0. The Bertz CT molecular complexity index is 1010. The van der Waals surface area contributed by atoms with Crippen LogP contribution in [0.15, 0.2) is 34.5 Å². The molecule has 2 rings (SSSR count). The van der Waals surface area contributed by atoms with Crippen LogP contribution in [0.5, 0.6) is 23.0 Å². The van der Waals surface area contributed by atoms with E-state index in [0.717, 1.165) is 0 Å². The van der Waals surface area contributed by atoms with E-state index < -0.39 is 17.7 Å². The number of ether oxygens (including phenoxy) is 4. The van der Waals surface area contributed by atoms with E-state index in [4.69, 9.17) is 42.1 Å². The van der Waals surface area contributed by atoms with Gasteiger partial charge in [0, 0.05) is 0 Å². The van der Waals surface area contributed by atoms with Crippen molar-refractivity contribution in [3.63, 3.8) is 0 Å². The number of benzene rings is 2. The van der Waals surface area contributed by atoms with Crippen LogP contribution in [-0.2, 0) is 9.59 Å². The molecule has 0 saturated heterocycles. The second-order valence-corrected chi connectivity index (χ2v) is 6.82. The molecule has 0 spiro atoms.